The number of hydrogen-bond acceptors (Lipinski definition) is 4. The van der Waals surface area contributed by atoms with Gasteiger partial charge in [0.25, 0.3) is 0 Å². The molecule has 2 aromatic rings. The maximum absolute atomic E-state index is 12.4. The number of nitrogens with zero attached hydrogens (tertiary/aromatic N) is 2. The normalized spacial score (nSPS) is 18.9. The van der Waals surface area contributed by atoms with Gasteiger partial charge in [0.05, 0.1) is 10.0 Å². The number of piperidine rings is 1. The van der Waals surface area contributed by atoms with E-state index in [1.807, 2.05) is 39.0 Å². The molecule has 4 rings (SSSR count). The summed E-state index contributed by atoms with van der Waals surface area (Å²) in [5, 5.41) is 5.47. The van der Waals surface area contributed by atoms with E-state index in [2.05, 4.69) is 24.2 Å². The third kappa shape index (κ3) is 5.15. The van der Waals surface area contributed by atoms with E-state index in [1.165, 1.54) is 0 Å². The minimum absolute atomic E-state index is 0.0435. The maximum atomic E-state index is 12.4. The van der Waals surface area contributed by atoms with Gasteiger partial charge in [0.1, 0.15) is 17.1 Å². The van der Waals surface area contributed by atoms with E-state index in [0.717, 1.165) is 37.0 Å². The molecule has 0 atom stereocenters. The number of carbonyl (C=O) groups is 1. The van der Waals surface area contributed by atoms with Crippen LogP contribution in [-0.4, -0.2) is 34.8 Å². The van der Waals surface area contributed by atoms with Gasteiger partial charge in [0.15, 0.2) is 0 Å². The van der Waals surface area contributed by atoms with Crippen LogP contribution in [0.1, 0.15) is 70.6 Å². The molecule has 2 fully saturated rings. The van der Waals surface area contributed by atoms with Gasteiger partial charge in [-0.1, -0.05) is 53.5 Å². The van der Waals surface area contributed by atoms with Crippen LogP contribution in [0, 0.1) is 5.41 Å². The van der Waals surface area contributed by atoms with E-state index in [1.54, 1.807) is 4.90 Å². The van der Waals surface area contributed by atoms with Gasteiger partial charge < -0.3 is 14.2 Å². The van der Waals surface area contributed by atoms with Crippen molar-refractivity contribution in [2.24, 2.45) is 5.41 Å². The molecule has 0 spiro atoms. The summed E-state index contributed by atoms with van der Waals surface area (Å²) in [5.41, 5.74) is 1.82. The number of ether oxygens (including phenoxy) is 1. The summed E-state index contributed by atoms with van der Waals surface area (Å²) < 4.78 is 11.3. The van der Waals surface area contributed by atoms with E-state index < -0.39 is 5.60 Å². The standard InChI is InChI=1S/C25H30Cl2N2O3/c1-24(2,3)31-23(30)29-14-12-25(4,13-15-29)11-10-17-21(28-32-22(17)16-8-9-16)20-18(26)6-5-7-19(20)27/h5-7,10-11,16H,8-9,12-15H2,1-4H3/b11-10+. The molecule has 2 aliphatic rings. The average Bonchev–Trinajstić information content (AvgIpc) is 3.46. The Morgan fingerprint density at radius 3 is 2.41 bits per heavy atom. The van der Waals surface area contributed by atoms with Gasteiger partial charge in [0, 0.05) is 30.1 Å². The number of benzene rings is 1. The molecule has 1 aromatic heterocycles. The number of amides is 1. The van der Waals surface area contributed by atoms with Crippen molar-refractivity contribution in [3.63, 3.8) is 0 Å². The second kappa shape index (κ2) is 8.75. The number of aromatic nitrogens is 1. The second-order valence-corrected chi connectivity index (χ2v) is 10.9. The SMILES string of the molecule is CC1(/C=C/c2c(-c3c(Cl)cccc3Cl)noc2C2CC2)CCN(C(=O)OC(C)(C)C)CC1. The molecule has 1 aliphatic heterocycles. The van der Waals surface area contributed by atoms with Crippen LogP contribution in [0.3, 0.4) is 0 Å². The van der Waals surface area contributed by atoms with Crippen LogP contribution in [0.25, 0.3) is 17.3 Å². The highest BCUT2D eigenvalue weighted by molar-refractivity contribution is 6.39. The highest BCUT2D eigenvalue weighted by Gasteiger charge is 2.35. The van der Waals surface area contributed by atoms with E-state index in [0.29, 0.717) is 40.3 Å². The molecule has 1 aliphatic carbocycles. The lowest BCUT2D eigenvalue weighted by atomic mass is 9.79. The first kappa shape index (κ1) is 23.2. The molecule has 2 heterocycles. The lowest BCUT2D eigenvalue weighted by Gasteiger charge is -2.38. The van der Waals surface area contributed by atoms with Crippen LogP contribution in [0.5, 0.6) is 0 Å². The Labute approximate surface area is 199 Å². The van der Waals surface area contributed by atoms with Crippen LogP contribution < -0.4 is 0 Å². The van der Waals surface area contributed by atoms with E-state index in [4.69, 9.17) is 32.5 Å². The fourth-order valence-corrected chi connectivity index (χ4v) is 4.57. The summed E-state index contributed by atoms with van der Waals surface area (Å²) in [6, 6.07) is 5.45. The van der Waals surface area contributed by atoms with Crippen molar-refractivity contribution in [1.29, 1.82) is 0 Å². The van der Waals surface area contributed by atoms with Crippen molar-refractivity contribution < 1.29 is 14.1 Å². The average molecular weight is 477 g/mol. The molecule has 1 saturated carbocycles. The first-order chi connectivity index (χ1) is 15.1. The molecular formula is C25H30Cl2N2O3. The number of hydrogen-bond donors (Lipinski definition) is 0. The fourth-order valence-electron chi connectivity index (χ4n) is 3.99. The van der Waals surface area contributed by atoms with Crippen molar-refractivity contribution >= 4 is 35.4 Å². The molecule has 0 radical (unpaired) electrons. The monoisotopic (exact) mass is 476 g/mol. The largest absolute Gasteiger partial charge is 0.444 e. The third-order valence-corrected chi connectivity index (χ3v) is 6.74. The molecule has 0 bridgehead atoms. The minimum atomic E-state index is -0.485. The Balaban J connectivity index is 1.55. The van der Waals surface area contributed by atoms with Gasteiger partial charge in [-0.2, -0.15) is 0 Å². The summed E-state index contributed by atoms with van der Waals surface area (Å²) in [4.78, 5) is 14.2. The van der Waals surface area contributed by atoms with Crippen molar-refractivity contribution in [2.45, 2.75) is 64.9 Å². The molecule has 0 N–H and O–H groups in total. The molecule has 5 nitrogen and oxygen atoms in total. The highest BCUT2D eigenvalue weighted by Crippen LogP contribution is 2.47. The van der Waals surface area contributed by atoms with Crippen LogP contribution in [0.2, 0.25) is 10.0 Å². The zero-order chi connectivity index (χ0) is 23.1. The van der Waals surface area contributed by atoms with Gasteiger partial charge in [-0.05, 0) is 64.0 Å². The van der Waals surface area contributed by atoms with E-state index in [-0.39, 0.29) is 11.5 Å². The Morgan fingerprint density at radius 2 is 1.84 bits per heavy atom. The van der Waals surface area contributed by atoms with E-state index in [9.17, 15) is 4.79 Å². The van der Waals surface area contributed by atoms with Crippen molar-refractivity contribution in [3.8, 4) is 11.3 Å². The molecule has 1 saturated heterocycles. The van der Waals surface area contributed by atoms with Crippen molar-refractivity contribution in [3.05, 3.63) is 45.6 Å². The van der Waals surface area contributed by atoms with Gasteiger partial charge in [0.2, 0.25) is 0 Å². The number of halogens is 2. The molecule has 172 valence electrons. The summed E-state index contributed by atoms with van der Waals surface area (Å²) in [6.45, 7) is 9.22. The van der Waals surface area contributed by atoms with Crippen LogP contribution >= 0.6 is 23.2 Å². The minimum Gasteiger partial charge on any atom is -0.444 e. The van der Waals surface area contributed by atoms with Crippen LogP contribution in [0.4, 0.5) is 4.79 Å². The zero-order valence-corrected chi connectivity index (χ0v) is 20.6. The Kier molecular flexibility index (Phi) is 6.34. The fraction of sp³-hybridized carbons (Fsp3) is 0.520. The zero-order valence-electron chi connectivity index (χ0n) is 19.1. The number of likely N-dealkylation sites (tertiary alicyclic amines) is 1. The second-order valence-electron chi connectivity index (χ2n) is 10.1. The first-order valence-corrected chi connectivity index (χ1v) is 11.9. The molecule has 0 unspecified atom stereocenters. The highest BCUT2D eigenvalue weighted by atomic mass is 35.5. The number of rotatable bonds is 4. The predicted octanol–water partition coefficient (Wildman–Crippen LogP) is 7.58. The van der Waals surface area contributed by atoms with Gasteiger partial charge >= 0.3 is 6.09 Å². The first-order valence-electron chi connectivity index (χ1n) is 11.2. The lowest BCUT2D eigenvalue weighted by molar-refractivity contribution is 0.0156. The lowest BCUT2D eigenvalue weighted by Crippen LogP contribution is -2.43. The summed E-state index contributed by atoms with van der Waals surface area (Å²) in [6.07, 6.45) is 8.02. The van der Waals surface area contributed by atoms with Crippen LogP contribution in [-0.2, 0) is 4.74 Å². The van der Waals surface area contributed by atoms with Gasteiger partial charge in [-0.15, -0.1) is 0 Å². The molecule has 32 heavy (non-hydrogen) atoms. The summed E-state index contributed by atoms with van der Waals surface area (Å²) in [5.74, 6) is 1.31. The quantitative estimate of drug-likeness (QED) is 0.456. The van der Waals surface area contributed by atoms with Crippen molar-refractivity contribution in [2.75, 3.05) is 13.1 Å². The number of allylic oxidation sites excluding steroid dienone is 1. The predicted molar refractivity (Wildman–Crippen MR) is 128 cm³/mol. The maximum Gasteiger partial charge on any atom is 0.410 e. The molecular weight excluding hydrogens is 447 g/mol. The topological polar surface area (TPSA) is 55.6 Å². The Hall–Kier alpha value is -1.98. The molecule has 1 amide bonds. The Morgan fingerprint density at radius 1 is 1.22 bits per heavy atom. The number of carbonyl (C=O) groups excluding carboxylic acids is 1. The smallest absolute Gasteiger partial charge is 0.410 e. The van der Waals surface area contributed by atoms with Gasteiger partial charge in [-0.25, -0.2) is 4.79 Å². The van der Waals surface area contributed by atoms with Crippen LogP contribution in [0.15, 0.2) is 28.8 Å². The summed E-state index contributed by atoms with van der Waals surface area (Å²) >= 11 is 12.9. The Bertz CT molecular complexity index is 1010. The molecule has 1 aromatic carbocycles. The van der Waals surface area contributed by atoms with Gasteiger partial charge in [-0.3, -0.25) is 0 Å². The summed E-state index contributed by atoms with van der Waals surface area (Å²) in [7, 11) is 0. The molecule has 7 heteroatoms. The van der Waals surface area contributed by atoms with E-state index >= 15 is 0 Å². The third-order valence-electron chi connectivity index (χ3n) is 6.11. The van der Waals surface area contributed by atoms with Crippen molar-refractivity contribution in [1.82, 2.24) is 10.1 Å².